The molecule has 0 aromatic heterocycles. The van der Waals surface area contributed by atoms with Gasteiger partial charge in [0.25, 0.3) is 0 Å². The van der Waals surface area contributed by atoms with Gasteiger partial charge in [-0.05, 0) is 25.8 Å². The van der Waals surface area contributed by atoms with Gasteiger partial charge in [0.15, 0.2) is 0 Å². The molecule has 1 aliphatic heterocycles. The van der Waals surface area contributed by atoms with Crippen LogP contribution in [-0.4, -0.2) is 36.9 Å². The molecule has 2 rings (SSSR count). The number of carboxylic acid groups (broad SMARTS) is 1. The lowest BCUT2D eigenvalue weighted by atomic mass is 10.1. The van der Waals surface area contributed by atoms with E-state index in [1.165, 1.54) is 0 Å². The molecule has 1 fully saturated rings. The van der Waals surface area contributed by atoms with Gasteiger partial charge in [0, 0.05) is 18.7 Å². The Balaban J connectivity index is 2.09. The standard InChI is InChI=1S/C15H21NO4/c1-2-19-13-8-4-3-7-12(13)14(15(17)18)16-10-11-6-5-9-20-11/h3-4,7-8,11,14,16H,2,5-6,9-10H2,1H3,(H,17,18). The summed E-state index contributed by atoms with van der Waals surface area (Å²) in [5.74, 6) is -0.294. The van der Waals surface area contributed by atoms with Crippen molar-refractivity contribution in [3.05, 3.63) is 29.8 Å². The first-order valence-electron chi connectivity index (χ1n) is 7.02. The SMILES string of the molecule is CCOc1ccccc1C(NCC1CCCO1)C(=O)O. The fourth-order valence-corrected chi connectivity index (χ4v) is 2.39. The smallest absolute Gasteiger partial charge is 0.325 e. The lowest BCUT2D eigenvalue weighted by molar-refractivity contribution is -0.139. The summed E-state index contributed by atoms with van der Waals surface area (Å²) in [6, 6.07) is 6.46. The first kappa shape index (κ1) is 14.8. The third kappa shape index (κ3) is 3.71. The van der Waals surface area contributed by atoms with Crippen LogP contribution < -0.4 is 10.1 Å². The molecule has 110 valence electrons. The van der Waals surface area contributed by atoms with E-state index in [9.17, 15) is 9.90 Å². The number of ether oxygens (including phenoxy) is 2. The predicted molar refractivity (Wildman–Crippen MR) is 75.0 cm³/mol. The van der Waals surface area contributed by atoms with Gasteiger partial charge in [-0.1, -0.05) is 18.2 Å². The minimum absolute atomic E-state index is 0.108. The number of hydrogen-bond acceptors (Lipinski definition) is 4. The van der Waals surface area contributed by atoms with Crippen LogP contribution in [0.5, 0.6) is 5.75 Å². The van der Waals surface area contributed by atoms with E-state index in [0.717, 1.165) is 19.4 Å². The van der Waals surface area contributed by atoms with Gasteiger partial charge in [-0.2, -0.15) is 0 Å². The Labute approximate surface area is 118 Å². The van der Waals surface area contributed by atoms with E-state index in [1.54, 1.807) is 12.1 Å². The van der Waals surface area contributed by atoms with Gasteiger partial charge in [-0.25, -0.2) is 0 Å². The molecule has 1 heterocycles. The Morgan fingerprint density at radius 2 is 2.35 bits per heavy atom. The maximum atomic E-state index is 11.5. The second-order valence-electron chi connectivity index (χ2n) is 4.79. The summed E-state index contributed by atoms with van der Waals surface area (Å²) in [5, 5.41) is 12.5. The first-order valence-corrected chi connectivity index (χ1v) is 7.02. The number of hydrogen-bond donors (Lipinski definition) is 2. The van der Waals surface area contributed by atoms with Crippen LogP contribution in [0.1, 0.15) is 31.4 Å². The van der Waals surface area contributed by atoms with Crippen LogP contribution in [0.25, 0.3) is 0 Å². The zero-order valence-electron chi connectivity index (χ0n) is 11.7. The van der Waals surface area contributed by atoms with Crippen LogP contribution in [0.4, 0.5) is 0 Å². The lowest BCUT2D eigenvalue weighted by Crippen LogP contribution is -2.34. The van der Waals surface area contributed by atoms with Crippen molar-refractivity contribution in [3.8, 4) is 5.75 Å². The van der Waals surface area contributed by atoms with Gasteiger partial charge < -0.3 is 14.6 Å². The van der Waals surface area contributed by atoms with Gasteiger partial charge in [0.2, 0.25) is 0 Å². The second-order valence-corrected chi connectivity index (χ2v) is 4.79. The van der Waals surface area contributed by atoms with Crippen molar-refractivity contribution in [2.75, 3.05) is 19.8 Å². The molecular formula is C15H21NO4. The first-order chi connectivity index (χ1) is 9.72. The summed E-state index contributed by atoms with van der Waals surface area (Å²) in [4.78, 5) is 11.5. The molecule has 0 aliphatic carbocycles. The van der Waals surface area contributed by atoms with Crippen molar-refractivity contribution in [3.63, 3.8) is 0 Å². The molecule has 2 atom stereocenters. The van der Waals surface area contributed by atoms with E-state index in [-0.39, 0.29) is 6.10 Å². The average Bonchev–Trinajstić information content (AvgIpc) is 2.94. The van der Waals surface area contributed by atoms with E-state index in [0.29, 0.717) is 24.5 Å². The van der Waals surface area contributed by atoms with Crippen LogP contribution in [0.2, 0.25) is 0 Å². The molecule has 1 aromatic carbocycles. The Morgan fingerprint density at radius 1 is 1.55 bits per heavy atom. The van der Waals surface area contributed by atoms with Crippen LogP contribution in [0.3, 0.4) is 0 Å². The van der Waals surface area contributed by atoms with Crippen molar-refractivity contribution < 1.29 is 19.4 Å². The third-order valence-electron chi connectivity index (χ3n) is 3.35. The summed E-state index contributed by atoms with van der Waals surface area (Å²) in [5.41, 5.74) is 0.653. The molecule has 1 aromatic rings. The van der Waals surface area contributed by atoms with Crippen molar-refractivity contribution in [1.82, 2.24) is 5.32 Å². The predicted octanol–water partition coefficient (Wildman–Crippen LogP) is 1.98. The zero-order chi connectivity index (χ0) is 14.4. The number of para-hydroxylation sites is 1. The molecule has 0 saturated carbocycles. The van der Waals surface area contributed by atoms with Crippen LogP contribution in [-0.2, 0) is 9.53 Å². The molecule has 1 saturated heterocycles. The lowest BCUT2D eigenvalue weighted by Gasteiger charge is -2.20. The molecule has 2 N–H and O–H groups in total. The number of benzene rings is 1. The van der Waals surface area contributed by atoms with Gasteiger partial charge in [0.05, 0.1) is 12.7 Å². The Bertz CT molecular complexity index is 443. The third-order valence-corrected chi connectivity index (χ3v) is 3.35. The van der Waals surface area contributed by atoms with Gasteiger partial charge in [0.1, 0.15) is 11.8 Å². The second kappa shape index (κ2) is 7.26. The number of rotatable bonds is 7. The average molecular weight is 279 g/mol. The summed E-state index contributed by atoms with van der Waals surface area (Å²) >= 11 is 0. The quantitative estimate of drug-likeness (QED) is 0.799. The molecule has 20 heavy (non-hydrogen) atoms. The molecule has 2 unspecified atom stereocenters. The highest BCUT2D eigenvalue weighted by Crippen LogP contribution is 2.25. The topological polar surface area (TPSA) is 67.8 Å². The molecular weight excluding hydrogens is 258 g/mol. The Hall–Kier alpha value is -1.59. The van der Waals surface area contributed by atoms with Crippen LogP contribution in [0.15, 0.2) is 24.3 Å². The van der Waals surface area contributed by atoms with Crippen molar-refractivity contribution in [2.45, 2.75) is 31.9 Å². The summed E-state index contributed by atoms with van der Waals surface area (Å²) < 4.78 is 11.0. The summed E-state index contributed by atoms with van der Waals surface area (Å²) in [7, 11) is 0. The van der Waals surface area contributed by atoms with E-state index in [2.05, 4.69) is 5.32 Å². The molecule has 0 radical (unpaired) electrons. The fourth-order valence-electron chi connectivity index (χ4n) is 2.39. The highest BCUT2D eigenvalue weighted by molar-refractivity contribution is 5.76. The summed E-state index contributed by atoms with van der Waals surface area (Å²) in [6.45, 7) is 3.69. The highest BCUT2D eigenvalue weighted by Gasteiger charge is 2.25. The van der Waals surface area contributed by atoms with E-state index >= 15 is 0 Å². The molecule has 5 nitrogen and oxygen atoms in total. The minimum atomic E-state index is -0.907. The molecule has 5 heteroatoms. The Morgan fingerprint density at radius 3 is 3.00 bits per heavy atom. The molecule has 0 amide bonds. The maximum Gasteiger partial charge on any atom is 0.325 e. The fraction of sp³-hybridized carbons (Fsp3) is 0.533. The number of nitrogens with one attached hydrogen (secondary N) is 1. The van der Waals surface area contributed by atoms with Gasteiger partial charge in [-0.15, -0.1) is 0 Å². The van der Waals surface area contributed by atoms with Gasteiger partial charge >= 0.3 is 5.97 Å². The molecule has 0 bridgehead atoms. The summed E-state index contributed by atoms with van der Waals surface area (Å²) in [6.07, 6.45) is 2.13. The van der Waals surface area contributed by atoms with Crippen LogP contribution >= 0.6 is 0 Å². The monoisotopic (exact) mass is 279 g/mol. The minimum Gasteiger partial charge on any atom is -0.494 e. The van der Waals surface area contributed by atoms with Gasteiger partial charge in [-0.3, -0.25) is 10.1 Å². The number of carbonyl (C=O) groups is 1. The van der Waals surface area contributed by atoms with Crippen molar-refractivity contribution in [1.29, 1.82) is 0 Å². The van der Waals surface area contributed by atoms with E-state index in [4.69, 9.17) is 9.47 Å². The van der Waals surface area contributed by atoms with Crippen molar-refractivity contribution in [2.24, 2.45) is 0 Å². The highest BCUT2D eigenvalue weighted by atomic mass is 16.5. The van der Waals surface area contributed by atoms with Crippen LogP contribution in [0, 0.1) is 0 Å². The van der Waals surface area contributed by atoms with Crippen molar-refractivity contribution >= 4 is 5.97 Å². The number of carboxylic acids is 1. The normalized spacial score (nSPS) is 19.8. The zero-order valence-corrected chi connectivity index (χ0v) is 11.7. The molecule has 0 spiro atoms. The Kier molecular flexibility index (Phi) is 5.38. The number of aliphatic carboxylic acids is 1. The van der Waals surface area contributed by atoms with E-state index < -0.39 is 12.0 Å². The molecule has 1 aliphatic rings. The van der Waals surface area contributed by atoms with E-state index in [1.807, 2.05) is 19.1 Å². The maximum absolute atomic E-state index is 11.5. The largest absolute Gasteiger partial charge is 0.494 e.